The van der Waals surface area contributed by atoms with Crippen molar-refractivity contribution in [3.05, 3.63) is 58.5 Å². The predicted octanol–water partition coefficient (Wildman–Crippen LogP) is 4.56. The third-order valence-corrected chi connectivity index (χ3v) is 3.76. The smallest absolute Gasteiger partial charge is 0.197 e. The quantitative estimate of drug-likeness (QED) is 0.867. The van der Waals surface area contributed by atoms with E-state index in [9.17, 15) is 0 Å². The fourth-order valence-corrected chi connectivity index (χ4v) is 2.44. The zero-order chi connectivity index (χ0) is 13.8. The summed E-state index contributed by atoms with van der Waals surface area (Å²) in [6.07, 6.45) is 2.53. The summed E-state index contributed by atoms with van der Waals surface area (Å²) in [7, 11) is 1.94. The van der Waals surface area contributed by atoms with Crippen molar-refractivity contribution < 1.29 is 4.42 Å². The van der Waals surface area contributed by atoms with Crippen molar-refractivity contribution >= 4 is 11.6 Å². The van der Waals surface area contributed by atoms with Crippen molar-refractivity contribution in [2.45, 2.75) is 32.2 Å². The van der Waals surface area contributed by atoms with E-state index < -0.39 is 0 Å². The third-order valence-electron chi connectivity index (χ3n) is 3.46. The van der Waals surface area contributed by atoms with Gasteiger partial charge >= 0.3 is 0 Å². The van der Waals surface area contributed by atoms with Crippen LogP contribution in [0.25, 0.3) is 0 Å². The van der Waals surface area contributed by atoms with Gasteiger partial charge in [0.1, 0.15) is 0 Å². The summed E-state index contributed by atoms with van der Waals surface area (Å²) in [5, 5.41) is 3.76. The van der Waals surface area contributed by atoms with Crippen LogP contribution in [0.5, 0.6) is 0 Å². The molecular formula is C16H20ClNO. The first-order valence-corrected chi connectivity index (χ1v) is 6.98. The van der Waals surface area contributed by atoms with Crippen molar-refractivity contribution in [2.24, 2.45) is 0 Å². The molecule has 0 radical (unpaired) electrons. The van der Waals surface area contributed by atoms with Gasteiger partial charge in [0.25, 0.3) is 0 Å². The van der Waals surface area contributed by atoms with Crippen molar-refractivity contribution in [3.8, 4) is 0 Å². The number of likely N-dealkylation sites (N-methyl/N-ethyl adjacent to an activating group) is 1. The van der Waals surface area contributed by atoms with E-state index >= 15 is 0 Å². The molecule has 2 rings (SSSR count). The van der Waals surface area contributed by atoms with E-state index in [0.29, 0.717) is 11.1 Å². The number of hydrogen-bond donors (Lipinski definition) is 1. The molecule has 102 valence electrons. The zero-order valence-electron chi connectivity index (χ0n) is 11.6. The highest BCUT2D eigenvalue weighted by molar-refractivity contribution is 6.29. The van der Waals surface area contributed by atoms with Gasteiger partial charge < -0.3 is 9.73 Å². The molecule has 1 N–H and O–H groups in total. The van der Waals surface area contributed by atoms with Gasteiger partial charge in [-0.2, -0.15) is 0 Å². The van der Waals surface area contributed by atoms with Crippen LogP contribution >= 0.6 is 11.6 Å². The van der Waals surface area contributed by atoms with Gasteiger partial charge in [0.05, 0.1) is 6.26 Å². The molecule has 0 aliphatic carbocycles. The zero-order valence-corrected chi connectivity index (χ0v) is 12.4. The van der Waals surface area contributed by atoms with Gasteiger partial charge in [-0.05, 0) is 48.2 Å². The monoisotopic (exact) mass is 277 g/mol. The Balaban J connectivity index is 2.13. The van der Waals surface area contributed by atoms with Gasteiger partial charge in [-0.1, -0.05) is 38.1 Å². The van der Waals surface area contributed by atoms with Gasteiger partial charge in [-0.3, -0.25) is 0 Å². The van der Waals surface area contributed by atoms with Crippen molar-refractivity contribution in [1.82, 2.24) is 5.32 Å². The Morgan fingerprint density at radius 1 is 1.16 bits per heavy atom. The summed E-state index contributed by atoms with van der Waals surface area (Å²) in [4.78, 5) is 0. The molecule has 2 aromatic rings. The van der Waals surface area contributed by atoms with Crippen LogP contribution in [0.1, 0.15) is 42.5 Å². The SMILES string of the molecule is CNC(Cc1ccc(C(C)C)cc1)c1ccoc1Cl. The molecule has 0 saturated heterocycles. The molecule has 0 aliphatic rings. The highest BCUT2D eigenvalue weighted by Crippen LogP contribution is 2.27. The summed E-state index contributed by atoms with van der Waals surface area (Å²) < 4.78 is 5.16. The maximum Gasteiger partial charge on any atom is 0.197 e. The Labute approximate surface area is 119 Å². The van der Waals surface area contributed by atoms with Crippen LogP contribution in [-0.4, -0.2) is 7.05 Å². The number of benzene rings is 1. The lowest BCUT2D eigenvalue weighted by molar-refractivity contribution is 0.544. The molecule has 0 saturated carbocycles. The number of hydrogen-bond acceptors (Lipinski definition) is 2. The van der Waals surface area contributed by atoms with Crippen LogP contribution in [-0.2, 0) is 6.42 Å². The van der Waals surface area contributed by atoms with Gasteiger partial charge in [0, 0.05) is 11.6 Å². The van der Waals surface area contributed by atoms with Gasteiger partial charge in [-0.25, -0.2) is 0 Å². The first-order valence-electron chi connectivity index (χ1n) is 6.60. The summed E-state index contributed by atoms with van der Waals surface area (Å²) in [5.74, 6) is 0.567. The molecular weight excluding hydrogens is 258 g/mol. The molecule has 1 atom stereocenters. The molecule has 0 amide bonds. The lowest BCUT2D eigenvalue weighted by Crippen LogP contribution is -2.18. The number of furan rings is 1. The molecule has 3 heteroatoms. The maximum absolute atomic E-state index is 6.04. The van der Waals surface area contributed by atoms with Gasteiger partial charge in [0.2, 0.25) is 0 Å². The predicted molar refractivity (Wildman–Crippen MR) is 79.8 cm³/mol. The minimum atomic E-state index is 0.177. The minimum absolute atomic E-state index is 0.177. The highest BCUT2D eigenvalue weighted by Gasteiger charge is 2.15. The molecule has 0 spiro atoms. The first kappa shape index (κ1) is 14.2. The summed E-state index contributed by atoms with van der Waals surface area (Å²) in [5.41, 5.74) is 3.67. The highest BCUT2D eigenvalue weighted by atomic mass is 35.5. The first-order chi connectivity index (χ1) is 9.11. The Bertz CT molecular complexity index is 516. The second kappa shape index (κ2) is 6.27. The Morgan fingerprint density at radius 2 is 1.84 bits per heavy atom. The van der Waals surface area contributed by atoms with Crippen LogP contribution < -0.4 is 5.32 Å². The van der Waals surface area contributed by atoms with Crippen molar-refractivity contribution in [1.29, 1.82) is 0 Å². The average molecular weight is 278 g/mol. The standard InChI is InChI=1S/C16H20ClNO/c1-11(2)13-6-4-12(5-7-13)10-15(18-3)14-8-9-19-16(14)17/h4-9,11,15,18H,10H2,1-3H3. The molecule has 1 aromatic carbocycles. The summed E-state index contributed by atoms with van der Waals surface area (Å²) >= 11 is 6.04. The van der Waals surface area contributed by atoms with Crippen molar-refractivity contribution in [2.75, 3.05) is 7.05 Å². The topological polar surface area (TPSA) is 25.2 Å². The largest absolute Gasteiger partial charge is 0.453 e. The molecule has 2 nitrogen and oxygen atoms in total. The normalized spacial score (nSPS) is 12.9. The second-order valence-electron chi connectivity index (χ2n) is 5.09. The van der Waals surface area contributed by atoms with E-state index in [4.69, 9.17) is 16.0 Å². The van der Waals surface area contributed by atoms with E-state index in [2.05, 4.69) is 43.4 Å². The van der Waals surface area contributed by atoms with E-state index in [1.165, 1.54) is 11.1 Å². The molecule has 0 fully saturated rings. The van der Waals surface area contributed by atoms with Gasteiger partial charge in [0.15, 0.2) is 5.22 Å². The van der Waals surface area contributed by atoms with E-state index in [1.807, 2.05) is 13.1 Å². The Kier molecular flexibility index (Phi) is 4.67. The molecule has 0 bridgehead atoms. The van der Waals surface area contributed by atoms with E-state index in [0.717, 1.165) is 12.0 Å². The summed E-state index contributed by atoms with van der Waals surface area (Å²) in [6.45, 7) is 4.41. The van der Waals surface area contributed by atoms with Crippen LogP contribution in [0.3, 0.4) is 0 Å². The second-order valence-corrected chi connectivity index (χ2v) is 5.43. The number of rotatable bonds is 5. The fourth-order valence-electron chi connectivity index (χ4n) is 2.20. The Morgan fingerprint density at radius 3 is 2.32 bits per heavy atom. The molecule has 1 unspecified atom stereocenters. The molecule has 1 aromatic heterocycles. The molecule has 0 aliphatic heterocycles. The van der Waals surface area contributed by atoms with Crippen LogP contribution in [0.4, 0.5) is 0 Å². The molecule has 1 heterocycles. The Hall–Kier alpha value is -1.25. The van der Waals surface area contributed by atoms with Crippen LogP contribution in [0.2, 0.25) is 5.22 Å². The van der Waals surface area contributed by atoms with E-state index in [-0.39, 0.29) is 6.04 Å². The van der Waals surface area contributed by atoms with E-state index in [1.54, 1.807) is 6.26 Å². The minimum Gasteiger partial charge on any atom is -0.453 e. The number of halogens is 1. The van der Waals surface area contributed by atoms with Crippen molar-refractivity contribution in [3.63, 3.8) is 0 Å². The van der Waals surface area contributed by atoms with Crippen LogP contribution in [0.15, 0.2) is 41.0 Å². The molecule has 19 heavy (non-hydrogen) atoms. The average Bonchev–Trinajstić information content (AvgIpc) is 2.83. The summed E-state index contributed by atoms with van der Waals surface area (Å²) in [6, 6.07) is 10.9. The number of nitrogens with one attached hydrogen (secondary N) is 1. The maximum atomic E-state index is 6.04. The lowest BCUT2D eigenvalue weighted by atomic mass is 9.97. The third kappa shape index (κ3) is 3.40. The lowest BCUT2D eigenvalue weighted by Gasteiger charge is -2.15. The van der Waals surface area contributed by atoms with Gasteiger partial charge in [-0.15, -0.1) is 0 Å². The van der Waals surface area contributed by atoms with Crippen LogP contribution in [0, 0.1) is 0 Å². The fraction of sp³-hybridized carbons (Fsp3) is 0.375.